The van der Waals surface area contributed by atoms with Crippen molar-refractivity contribution >= 4 is 0 Å². The van der Waals surface area contributed by atoms with Gasteiger partial charge in [-0.25, -0.2) is 4.79 Å². The Hall–Kier alpha value is -1.63. The fourth-order valence-electron chi connectivity index (χ4n) is 1.69. The lowest BCUT2D eigenvalue weighted by Crippen LogP contribution is -2.33. The van der Waals surface area contributed by atoms with Gasteiger partial charge in [0.2, 0.25) is 11.7 Å². The fraction of sp³-hybridized carbons (Fsp3) is 0.556. The second-order valence-corrected chi connectivity index (χ2v) is 3.74. The van der Waals surface area contributed by atoms with Crippen LogP contribution in [0.25, 0.3) is 0 Å². The standard InChI is InChI=1S/C9H11FN2O4/c10-6-7(13)11-9(15)12(8(6)14)3-5-1-2-16-4-5/h5,14H,1-4H2,(H,11,13,15). The molecule has 1 unspecified atom stereocenters. The number of halogens is 1. The molecule has 2 rings (SSSR count). The van der Waals surface area contributed by atoms with Crippen molar-refractivity contribution in [2.75, 3.05) is 13.2 Å². The van der Waals surface area contributed by atoms with E-state index in [1.807, 2.05) is 0 Å². The summed E-state index contributed by atoms with van der Waals surface area (Å²) in [5, 5.41) is 9.35. The Morgan fingerprint density at radius 3 is 2.94 bits per heavy atom. The van der Waals surface area contributed by atoms with Crippen molar-refractivity contribution < 1.29 is 14.2 Å². The molecule has 1 aliphatic heterocycles. The summed E-state index contributed by atoms with van der Waals surface area (Å²) < 4.78 is 19.0. The molecule has 2 N–H and O–H groups in total. The van der Waals surface area contributed by atoms with E-state index in [2.05, 4.69) is 0 Å². The number of nitrogens with one attached hydrogen (secondary N) is 1. The van der Waals surface area contributed by atoms with Gasteiger partial charge < -0.3 is 9.84 Å². The molecule has 1 aromatic heterocycles. The Bertz CT molecular complexity index is 501. The summed E-state index contributed by atoms with van der Waals surface area (Å²) in [5.41, 5.74) is -2.02. The minimum atomic E-state index is -1.33. The molecule has 1 aliphatic rings. The molecular formula is C9H11FN2O4. The van der Waals surface area contributed by atoms with E-state index in [0.717, 1.165) is 11.0 Å². The van der Waals surface area contributed by atoms with E-state index in [1.54, 1.807) is 4.98 Å². The molecule has 0 bridgehead atoms. The van der Waals surface area contributed by atoms with E-state index in [-0.39, 0.29) is 12.5 Å². The SMILES string of the molecule is O=c1[nH]c(=O)n(CC2CCOC2)c(O)c1F. The lowest BCUT2D eigenvalue weighted by Gasteiger charge is -2.11. The quantitative estimate of drug-likeness (QED) is 0.711. The third-order valence-electron chi connectivity index (χ3n) is 2.58. The first-order valence-corrected chi connectivity index (χ1v) is 4.89. The smallest absolute Gasteiger partial charge is 0.331 e. The largest absolute Gasteiger partial charge is 0.492 e. The number of hydrogen-bond donors (Lipinski definition) is 2. The lowest BCUT2D eigenvalue weighted by molar-refractivity contribution is 0.180. The highest BCUT2D eigenvalue weighted by Crippen LogP contribution is 2.17. The van der Waals surface area contributed by atoms with Gasteiger partial charge in [-0.15, -0.1) is 0 Å². The summed E-state index contributed by atoms with van der Waals surface area (Å²) >= 11 is 0. The van der Waals surface area contributed by atoms with E-state index in [9.17, 15) is 19.1 Å². The topological polar surface area (TPSA) is 84.3 Å². The van der Waals surface area contributed by atoms with Crippen LogP contribution in [0, 0.1) is 11.7 Å². The molecule has 88 valence electrons. The predicted octanol–water partition coefficient (Wildman–Crippen LogP) is -0.582. The molecule has 1 aromatic rings. The van der Waals surface area contributed by atoms with E-state index >= 15 is 0 Å². The molecular weight excluding hydrogens is 219 g/mol. The van der Waals surface area contributed by atoms with Gasteiger partial charge in [0.05, 0.1) is 6.61 Å². The maximum absolute atomic E-state index is 13.1. The summed E-state index contributed by atoms with van der Waals surface area (Å²) in [5.74, 6) is -2.20. The number of nitrogens with zero attached hydrogens (tertiary/aromatic N) is 1. The predicted molar refractivity (Wildman–Crippen MR) is 51.9 cm³/mol. The monoisotopic (exact) mass is 230 g/mol. The van der Waals surface area contributed by atoms with Crippen molar-refractivity contribution in [3.8, 4) is 5.88 Å². The van der Waals surface area contributed by atoms with Gasteiger partial charge in [0.1, 0.15) is 0 Å². The van der Waals surface area contributed by atoms with Crippen LogP contribution < -0.4 is 11.2 Å². The van der Waals surface area contributed by atoms with Crippen LogP contribution in [0.2, 0.25) is 0 Å². The number of ether oxygens (including phenoxy) is 1. The van der Waals surface area contributed by atoms with E-state index in [4.69, 9.17) is 4.74 Å². The average molecular weight is 230 g/mol. The van der Waals surface area contributed by atoms with E-state index < -0.39 is 22.9 Å². The maximum Gasteiger partial charge on any atom is 0.331 e. The molecule has 0 saturated carbocycles. The van der Waals surface area contributed by atoms with Crippen molar-refractivity contribution in [2.45, 2.75) is 13.0 Å². The molecule has 0 aromatic carbocycles. The third-order valence-corrected chi connectivity index (χ3v) is 2.58. The number of aromatic nitrogens is 2. The summed E-state index contributed by atoms with van der Waals surface area (Å²) in [6, 6.07) is 0. The summed E-state index contributed by atoms with van der Waals surface area (Å²) in [4.78, 5) is 24.0. The number of aromatic hydroxyl groups is 1. The second-order valence-electron chi connectivity index (χ2n) is 3.74. The average Bonchev–Trinajstić information content (AvgIpc) is 2.74. The highest BCUT2D eigenvalue weighted by atomic mass is 19.1. The van der Waals surface area contributed by atoms with Gasteiger partial charge in [0.15, 0.2) is 0 Å². The molecule has 1 fully saturated rings. The van der Waals surface area contributed by atoms with Crippen LogP contribution in [-0.2, 0) is 11.3 Å². The van der Waals surface area contributed by atoms with Gasteiger partial charge in [-0.1, -0.05) is 0 Å². The number of aromatic amines is 1. The number of rotatable bonds is 2. The normalized spacial score (nSPS) is 20.2. The number of hydrogen-bond acceptors (Lipinski definition) is 4. The molecule has 0 spiro atoms. The van der Waals surface area contributed by atoms with Crippen LogP contribution in [-0.4, -0.2) is 27.9 Å². The Morgan fingerprint density at radius 2 is 2.31 bits per heavy atom. The van der Waals surface area contributed by atoms with E-state index in [0.29, 0.717) is 13.2 Å². The first-order chi connectivity index (χ1) is 7.59. The Labute approximate surface area is 89.3 Å². The minimum absolute atomic E-state index is 0.0499. The van der Waals surface area contributed by atoms with E-state index in [1.165, 1.54) is 0 Å². The van der Waals surface area contributed by atoms with Crippen LogP contribution in [0.1, 0.15) is 6.42 Å². The Kier molecular flexibility index (Phi) is 2.78. The summed E-state index contributed by atoms with van der Waals surface area (Å²) in [6.45, 7) is 1.19. The first kappa shape index (κ1) is 10.9. The van der Waals surface area contributed by atoms with Gasteiger partial charge in [-0.2, -0.15) is 4.39 Å². The Balaban J connectivity index is 2.36. The van der Waals surface area contributed by atoms with Gasteiger partial charge in [0.25, 0.3) is 5.56 Å². The molecule has 6 nitrogen and oxygen atoms in total. The molecule has 0 amide bonds. The van der Waals surface area contributed by atoms with Gasteiger partial charge >= 0.3 is 5.69 Å². The van der Waals surface area contributed by atoms with Crippen LogP contribution in [0.3, 0.4) is 0 Å². The first-order valence-electron chi connectivity index (χ1n) is 4.89. The van der Waals surface area contributed by atoms with Crippen LogP contribution in [0.4, 0.5) is 4.39 Å². The Morgan fingerprint density at radius 1 is 1.56 bits per heavy atom. The zero-order valence-corrected chi connectivity index (χ0v) is 8.40. The van der Waals surface area contributed by atoms with Gasteiger partial charge in [-0.3, -0.25) is 14.3 Å². The molecule has 0 radical (unpaired) electrons. The van der Waals surface area contributed by atoms with Gasteiger partial charge in [0, 0.05) is 19.1 Å². The van der Waals surface area contributed by atoms with Crippen molar-refractivity contribution in [1.29, 1.82) is 0 Å². The van der Waals surface area contributed by atoms with Crippen LogP contribution in [0.5, 0.6) is 5.88 Å². The molecule has 1 saturated heterocycles. The second kappa shape index (κ2) is 4.09. The van der Waals surface area contributed by atoms with Crippen molar-refractivity contribution in [2.24, 2.45) is 5.92 Å². The molecule has 2 heterocycles. The molecule has 7 heteroatoms. The lowest BCUT2D eigenvalue weighted by atomic mass is 10.1. The number of H-pyrrole nitrogens is 1. The zero-order valence-electron chi connectivity index (χ0n) is 8.40. The fourth-order valence-corrected chi connectivity index (χ4v) is 1.69. The minimum Gasteiger partial charge on any atom is -0.492 e. The molecule has 1 atom stereocenters. The third kappa shape index (κ3) is 1.85. The van der Waals surface area contributed by atoms with Crippen LogP contribution >= 0.6 is 0 Å². The summed E-state index contributed by atoms with van der Waals surface area (Å²) in [7, 11) is 0. The van der Waals surface area contributed by atoms with Crippen molar-refractivity contribution in [3.05, 3.63) is 26.7 Å². The zero-order chi connectivity index (χ0) is 11.7. The van der Waals surface area contributed by atoms with Crippen molar-refractivity contribution in [3.63, 3.8) is 0 Å². The molecule has 0 aliphatic carbocycles. The highest BCUT2D eigenvalue weighted by molar-refractivity contribution is 5.09. The van der Waals surface area contributed by atoms with Crippen molar-refractivity contribution in [1.82, 2.24) is 9.55 Å². The highest BCUT2D eigenvalue weighted by Gasteiger charge is 2.20. The van der Waals surface area contributed by atoms with Gasteiger partial charge in [-0.05, 0) is 6.42 Å². The maximum atomic E-state index is 13.1. The van der Waals surface area contributed by atoms with Crippen LogP contribution in [0.15, 0.2) is 9.59 Å². The summed E-state index contributed by atoms with van der Waals surface area (Å²) in [6.07, 6.45) is 0.743. The molecule has 16 heavy (non-hydrogen) atoms.